The van der Waals surface area contributed by atoms with Crippen molar-refractivity contribution in [2.75, 3.05) is 5.75 Å². The molecule has 1 fully saturated rings. The highest BCUT2D eigenvalue weighted by molar-refractivity contribution is 7.99. The number of nitrogens with one attached hydrogen (secondary N) is 1. The molecule has 1 unspecified atom stereocenters. The van der Waals surface area contributed by atoms with E-state index in [4.69, 9.17) is 4.98 Å². The van der Waals surface area contributed by atoms with Crippen LogP contribution in [0.3, 0.4) is 0 Å². The van der Waals surface area contributed by atoms with Gasteiger partial charge in [0.05, 0.1) is 17.2 Å². The molecule has 1 aliphatic rings. The Bertz CT molecular complexity index is 1100. The van der Waals surface area contributed by atoms with Gasteiger partial charge in [0.2, 0.25) is 5.91 Å². The number of fused-ring (bicyclic) bond motifs is 1. The molecular weight excluding hydrogens is 402 g/mol. The van der Waals surface area contributed by atoms with Crippen LogP contribution in [-0.4, -0.2) is 21.2 Å². The average Bonchev–Trinajstić information content (AvgIpc) is 3.51. The minimum atomic E-state index is -0.0220. The van der Waals surface area contributed by atoms with E-state index in [0.29, 0.717) is 23.0 Å². The molecule has 2 heterocycles. The van der Waals surface area contributed by atoms with Crippen molar-refractivity contribution in [1.29, 1.82) is 0 Å². The summed E-state index contributed by atoms with van der Waals surface area (Å²) in [6, 6.07) is 10.2. The second-order valence-corrected chi connectivity index (χ2v) is 9.63. The molecule has 1 amide bonds. The third-order valence-electron chi connectivity index (χ3n) is 5.47. The van der Waals surface area contributed by atoms with Crippen molar-refractivity contribution in [3.63, 3.8) is 0 Å². The van der Waals surface area contributed by atoms with Gasteiger partial charge in [0.25, 0.3) is 5.56 Å². The maximum atomic E-state index is 12.9. The molecule has 152 valence electrons. The van der Waals surface area contributed by atoms with Crippen molar-refractivity contribution in [3.05, 3.63) is 56.7 Å². The molecule has 4 rings (SSSR count). The van der Waals surface area contributed by atoms with E-state index in [1.165, 1.54) is 11.8 Å². The minimum Gasteiger partial charge on any atom is -0.348 e. The smallest absolute Gasteiger partial charge is 0.263 e. The van der Waals surface area contributed by atoms with Crippen LogP contribution in [0.15, 0.2) is 40.3 Å². The van der Waals surface area contributed by atoms with Crippen LogP contribution < -0.4 is 10.9 Å². The van der Waals surface area contributed by atoms with Gasteiger partial charge in [-0.3, -0.25) is 14.2 Å². The molecule has 0 bridgehead atoms. The molecule has 1 aliphatic carbocycles. The van der Waals surface area contributed by atoms with E-state index in [1.54, 1.807) is 15.9 Å². The number of aryl methyl sites for hydroxylation is 2. The van der Waals surface area contributed by atoms with Gasteiger partial charge in [-0.1, -0.05) is 42.1 Å². The van der Waals surface area contributed by atoms with Crippen molar-refractivity contribution in [3.8, 4) is 0 Å². The molecule has 0 aliphatic heterocycles. The summed E-state index contributed by atoms with van der Waals surface area (Å²) in [5, 5.41) is 4.52. The molecule has 5 nitrogen and oxygen atoms in total. The predicted octanol–water partition coefficient (Wildman–Crippen LogP) is 4.45. The summed E-state index contributed by atoms with van der Waals surface area (Å²) < 4.78 is 1.68. The van der Waals surface area contributed by atoms with Gasteiger partial charge in [-0.15, -0.1) is 11.3 Å². The predicted molar refractivity (Wildman–Crippen MR) is 120 cm³/mol. The van der Waals surface area contributed by atoms with E-state index in [0.717, 1.165) is 33.7 Å². The maximum absolute atomic E-state index is 12.9. The van der Waals surface area contributed by atoms with Crippen LogP contribution in [-0.2, 0) is 11.3 Å². The summed E-state index contributed by atoms with van der Waals surface area (Å²) in [7, 11) is 0. The second-order valence-electron chi connectivity index (χ2n) is 7.49. The Labute approximate surface area is 178 Å². The quantitative estimate of drug-likeness (QED) is 0.447. The van der Waals surface area contributed by atoms with Crippen molar-refractivity contribution in [2.24, 2.45) is 5.92 Å². The Morgan fingerprint density at radius 3 is 2.69 bits per heavy atom. The van der Waals surface area contributed by atoms with Crippen molar-refractivity contribution < 1.29 is 4.79 Å². The van der Waals surface area contributed by atoms with E-state index in [1.807, 2.05) is 39.0 Å². The first-order valence-electron chi connectivity index (χ1n) is 9.97. The molecule has 0 saturated heterocycles. The lowest BCUT2D eigenvalue weighted by atomic mass is 10.0. The van der Waals surface area contributed by atoms with Crippen molar-refractivity contribution in [2.45, 2.75) is 51.4 Å². The van der Waals surface area contributed by atoms with E-state index in [2.05, 4.69) is 17.4 Å². The zero-order chi connectivity index (χ0) is 20.5. The lowest BCUT2D eigenvalue weighted by Gasteiger charge is -2.19. The Morgan fingerprint density at radius 1 is 1.31 bits per heavy atom. The third-order valence-corrected chi connectivity index (χ3v) is 7.55. The lowest BCUT2D eigenvalue weighted by molar-refractivity contribution is -0.119. The van der Waals surface area contributed by atoms with E-state index in [9.17, 15) is 9.59 Å². The minimum absolute atomic E-state index is 0.0117. The fourth-order valence-corrected chi connectivity index (χ4v) is 5.55. The molecule has 0 spiro atoms. The molecule has 2 aromatic heterocycles. The Morgan fingerprint density at radius 2 is 2.03 bits per heavy atom. The molecule has 1 aromatic carbocycles. The third kappa shape index (κ3) is 4.12. The first kappa shape index (κ1) is 20.2. The first-order valence-corrected chi connectivity index (χ1v) is 11.8. The van der Waals surface area contributed by atoms with Crippen molar-refractivity contribution in [1.82, 2.24) is 14.9 Å². The zero-order valence-electron chi connectivity index (χ0n) is 16.9. The molecule has 7 heteroatoms. The topological polar surface area (TPSA) is 64.0 Å². The molecule has 1 saturated carbocycles. The van der Waals surface area contributed by atoms with Crippen LogP contribution in [0.4, 0.5) is 0 Å². The van der Waals surface area contributed by atoms with Gasteiger partial charge in [-0.2, -0.15) is 0 Å². The van der Waals surface area contributed by atoms with Gasteiger partial charge < -0.3 is 5.32 Å². The summed E-state index contributed by atoms with van der Waals surface area (Å²) in [5.41, 5.74) is 2.15. The number of carbonyl (C=O) groups excluding carboxylic acids is 1. The number of carbonyl (C=O) groups is 1. The van der Waals surface area contributed by atoms with E-state index < -0.39 is 0 Å². The number of hydrogen-bond acceptors (Lipinski definition) is 5. The average molecular weight is 428 g/mol. The normalized spacial score (nSPS) is 14.9. The number of amides is 1. The van der Waals surface area contributed by atoms with Crippen LogP contribution in [0.25, 0.3) is 10.2 Å². The highest BCUT2D eigenvalue weighted by Gasteiger charge is 2.33. The zero-order valence-corrected chi connectivity index (χ0v) is 18.5. The van der Waals surface area contributed by atoms with Gasteiger partial charge in [-0.25, -0.2) is 4.98 Å². The molecular formula is C22H25N3O2S2. The second kappa shape index (κ2) is 8.32. The van der Waals surface area contributed by atoms with Crippen LogP contribution in [0.2, 0.25) is 0 Å². The van der Waals surface area contributed by atoms with E-state index in [-0.39, 0.29) is 23.3 Å². The first-order chi connectivity index (χ1) is 14.0. The van der Waals surface area contributed by atoms with Gasteiger partial charge in [0.1, 0.15) is 4.83 Å². The van der Waals surface area contributed by atoms with Crippen LogP contribution in [0.5, 0.6) is 0 Å². The number of thiophene rings is 1. The Hall–Kier alpha value is -2.12. The largest absolute Gasteiger partial charge is 0.348 e. The fraction of sp³-hybridized carbons (Fsp3) is 0.409. The number of aromatic nitrogens is 2. The molecule has 1 atom stereocenters. The van der Waals surface area contributed by atoms with Crippen LogP contribution in [0, 0.1) is 19.8 Å². The van der Waals surface area contributed by atoms with Crippen molar-refractivity contribution >= 4 is 39.2 Å². The lowest BCUT2D eigenvalue weighted by Crippen LogP contribution is -2.31. The standard InChI is InChI=1S/C22H25N3O2S2/c1-4-25-21(27)18-13(2)14(3)29-20(18)24-22(25)28-12-17(26)23-19(16-10-11-16)15-8-6-5-7-9-15/h5-9,16,19H,4,10-12H2,1-3H3,(H,23,26). The number of benzene rings is 1. The SMILES string of the molecule is CCn1c(SCC(=O)NC(c2ccccc2)C2CC2)nc2sc(C)c(C)c2c1=O. The summed E-state index contributed by atoms with van der Waals surface area (Å²) in [5.74, 6) is 0.746. The summed E-state index contributed by atoms with van der Waals surface area (Å²) in [4.78, 5) is 32.2. The Balaban J connectivity index is 1.52. The molecule has 0 radical (unpaired) electrons. The highest BCUT2D eigenvalue weighted by atomic mass is 32.2. The summed E-state index contributed by atoms with van der Waals surface area (Å²) >= 11 is 2.88. The van der Waals surface area contributed by atoms with Gasteiger partial charge in [0, 0.05) is 11.4 Å². The molecule has 3 aromatic rings. The Kier molecular flexibility index (Phi) is 5.79. The number of thioether (sulfide) groups is 1. The number of rotatable bonds is 7. The maximum Gasteiger partial charge on any atom is 0.263 e. The molecule has 1 N–H and O–H groups in total. The summed E-state index contributed by atoms with van der Waals surface area (Å²) in [6.45, 7) is 6.46. The van der Waals surface area contributed by atoms with E-state index >= 15 is 0 Å². The summed E-state index contributed by atoms with van der Waals surface area (Å²) in [6.07, 6.45) is 2.30. The fourth-order valence-electron chi connectivity index (χ4n) is 3.61. The van der Waals surface area contributed by atoms with Crippen LogP contribution in [0.1, 0.15) is 41.8 Å². The van der Waals surface area contributed by atoms with Gasteiger partial charge in [-0.05, 0) is 50.7 Å². The number of nitrogens with zero attached hydrogens (tertiary/aromatic N) is 2. The molecule has 29 heavy (non-hydrogen) atoms. The number of hydrogen-bond donors (Lipinski definition) is 1. The van der Waals surface area contributed by atoms with Gasteiger partial charge in [0.15, 0.2) is 5.16 Å². The highest BCUT2D eigenvalue weighted by Crippen LogP contribution is 2.41. The van der Waals surface area contributed by atoms with Crippen LogP contribution >= 0.6 is 23.1 Å². The monoisotopic (exact) mass is 427 g/mol. The van der Waals surface area contributed by atoms with Gasteiger partial charge >= 0.3 is 0 Å².